The first-order chi connectivity index (χ1) is 13.4. The number of likely N-dealkylation sites (tertiary alicyclic amines) is 1. The Balaban J connectivity index is 1.52. The lowest BCUT2D eigenvalue weighted by molar-refractivity contribution is -0.136. The number of hydrogen-bond acceptors (Lipinski definition) is 5. The zero-order valence-electron chi connectivity index (χ0n) is 16.6. The van der Waals surface area contributed by atoms with Gasteiger partial charge in [0.15, 0.2) is 12.1 Å². The number of amides is 4. The third-order valence-corrected chi connectivity index (χ3v) is 6.36. The summed E-state index contributed by atoms with van der Waals surface area (Å²) < 4.78 is 4.91. The molecule has 3 aliphatic rings. The van der Waals surface area contributed by atoms with Crippen LogP contribution < -0.4 is 0 Å². The van der Waals surface area contributed by atoms with E-state index in [-0.39, 0.29) is 29.5 Å². The Morgan fingerprint density at radius 3 is 2.54 bits per heavy atom. The van der Waals surface area contributed by atoms with Crippen LogP contribution in [0.25, 0.3) is 0 Å². The van der Waals surface area contributed by atoms with Crippen molar-refractivity contribution in [2.24, 2.45) is 11.8 Å². The Labute approximate surface area is 164 Å². The van der Waals surface area contributed by atoms with Crippen molar-refractivity contribution in [1.29, 1.82) is 0 Å². The molecule has 1 aromatic heterocycles. The van der Waals surface area contributed by atoms with Gasteiger partial charge in [0.1, 0.15) is 11.8 Å². The predicted octanol–water partition coefficient (Wildman–Crippen LogP) is 2.37. The molecule has 0 unspecified atom stereocenters. The zero-order valence-corrected chi connectivity index (χ0v) is 16.6. The maximum absolute atomic E-state index is 13.4. The van der Waals surface area contributed by atoms with Gasteiger partial charge in [-0.1, -0.05) is 20.3 Å². The molecule has 0 N–H and O–H groups in total. The average Bonchev–Trinajstić information content (AvgIpc) is 3.23. The third kappa shape index (κ3) is 3.08. The summed E-state index contributed by atoms with van der Waals surface area (Å²) >= 11 is 0. The molecule has 0 radical (unpaired) electrons. The Kier molecular flexibility index (Phi) is 4.89. The van der Waals surface area contributed by atoms with Gasteiger partial charge in [0, 0.05) is 26.2 Å². The average molecular weight is 388 g/mol. The lowest BCUT2D eigenvalue weighted by Crippen LogP contribution is -2.58. The number of carbonyl (C=O) groups is 3. The molecule has 28 heavy (non-hydrogen) atoms. The van der Waals surface area contributed by atoms with E-state index < -0.39 is 5.54 Å². The summed E-state index contributed by atoms with van der Waals surface area (Å²) in [6, 6.07) is -0.151. The van der Waals surface area contributed by atoms with Crippen LogP contribution in [0, 0.1) is 11.8 Å². The Hall–Kier alpha value is -2.38. The van der Waals surface area contributed by atoms with Crippen molar-refractivity contribution in [2.45, 2.75) is 51.5 Å². The molecule has 8 heteroatoms. The molecule has 1 spiro atoms. The predicted molar refractivity (Wildman–Crippen MR) is 100 cm³/mol. The van der Waals surface area contributed by atoms with E-state index in [1.165, 1.54) is 24.0 Å². The van der Waals surface area contributed by atoms with Gasteiger partial charge in [-0.15, -0.1) is 0 Å². The highest BCUT2D eigenvalue weighted by molar-refractivity contribution is 6.07. The molecule has 3 heterocycles. The quantitative estimate of drug-likeness (QED) is 0.723. The summed E-state index contributed by atoms with van der Waals surface area (Å²) in [7, 11) is 0. The third-order valence-electron chi connectivity index (χ3n) is 6.36. The van der Waals surface area contributed by atoms with E-state index in [2.05, 4.69) is 18.8 Å². The van der Waals surface area contributed by atoms with Crippen molar-refractivity contribution in [1.82, 2.24) is 19.7 Å². The van der Waals surface area contributed by atoms with Crippen LogP contribution in [-0.4, -0.2) is 69.2 Å². The van der Waals surface area contributed by atoms with Gasteiger partial charge in [0.25, 0.3) is 11.8 Å². The van der Waals surface area contributed by atoms with Crippen LogP contribution in [0.15, 0.2) is 17.1 Å². The SMILES string of the molecule is CC(C)CN1C(=O)N(CC2CCC2)C(=O)C12CCN(C(=O)c1cocn1)CC2. The van der Waals surface area contributed by atoms with Crippen LogP contribution in [0.5, 0.6) is 0 Å². The number of carbonyl (C=O) groups excluding carboxylic acids is 3. The highest BCUT2D eigenvalue weighted by atomic mass is 16.3. The van der Waals surface area contributed by atoms with E-state index in [9.17, 15) is 14.4 Å². The number of hydrogen-bond donors (Lipinski definition) is 0. The summed E-state index contributed by atoms with van der Waals surface area (Å²) in [6.45, 7) is 6.07. The first-order valence-corrected chi connectivity index (χ1v) is 10.2. The molecule has 2 saturated heterocycles. The van der Waals surface area contributed by atoms with Gasteiger partial charge >= 0.3 is 6.03 Å². The molecule has 4 amide bonds. The van der Waals surface area contributed by atoms with E-state index in [1.807, 2.05) is 0 Å². The first kappa shape index (κ1) is 19.0. The Bertz CT molecular complexity index is 748. The number of oxazole rings is 1. The van der Waals surface area contributed by atoms with Crippen molar-refractivity contribution >= 4 is 17.8 Å². The topological polar surface area (TPSA) is 87.0 Å². The van der Waals surface area contributed by atoms with Gasteiger partial charge in [-0.3, -0.25) is 14.5 Å². The van der Waals surface area contributed by atoms with E-state index in [0.29, 0.717) is 44.9 Å². The number of nitrogens with zero attached hydrogens (tertiary/aromatic N) is 4. The molecule has 2 aliphatic heterocycles. The second-order valence-electron chi connectivity index (χ2n) is 8.70. The number of rotatable bonds is 5. The van der Waals surface area contributed by atoms with E-state index in [4.69, 9.17) is 4.42 Å². The Morgan fingerprint density at radius 2 is 2.00 bits per heavy atom. The van der Waals surface area contributed by atoms with Gasteiger partial charge in [0.2, 0.25) is 0 Å². The standard InChI is InChI=1S/C20H28N4O4/c1-14(2)10-24-19(27)23(11-15-4-3-5-15)18(26)20(24)6-8-22(9-7-20)17(25)16-12-28-13-21-16/h12-15H,3-11H2,1-2H3. The fraction of sp³-hybridized carbons (Fsp3) is 0.700. The van der Waals surface area contributed by atoms with Crippen LogP contribution in [0.3, 0.4) is 0 Å². The van der Waals surface area contributed by atoms with Crippen molar-refractivity contribution in [3.05, 3.63) is 18.4 Å². The van der Waals surface area contributed by atoms with Gasteiger partial charge < -0.3 is 14.2 Å². The minimum atomic E-state index is -0.814. The summed E-state index contributed by atoms with van der Waals surface area (Å²) in [5.74, 6) is 0.450. The fourth-order valence-corrected chi connectivity index (χ4v) is 4.54. The second kappa shape index (κ2) is 7.22. The number of imide groups is 1. The van der Waals surface area contributed by atoms with Gasteiger partial charge in [-0.05, 0) is 37.5 Å². The molecule has 4 rings (SSSR count). The van der Waals surface area contributed by atoms with Crippen molar-refractivity contribution in [3.8, 4) is 0 Å². The van der Waals surface area contributed by atoms with Crippen LogP contribution in [0.2, 0.25) is 0 Å². The van der Waals surface area contributed by atoms with E-state index in [1.54, 1.807) is 9.80 Å². The lowest BCUT2D eigenvalue weighted by Gasteiger charge is -2.42. The van der Waals surface area contributed by atoms with Crippen molar-refractivity contribution in [2.75, 3.05) is 26.2 Å². The molecular formula is C20H28N4O4. The van der Waals surface area contributed by atoms with Crippen LogP contribution in [0.1, 0.15) is 56.4 Å². The summed E-state index contributed by atoms with van der Waals surface area (Å²) in [4.78, 5) is 48.0. The molecule has 3 fully saturated rings. The molecule has 0 bridgehead atoms. The molecule has 1 saturated carbocycles. The molecule has 0 aromatic carbocycles. The number of urea groups is 1. The van der Waals surface area contributed by atoms with E-state index in [0.717, 1.165) is 12.8 Å². The molecule has 152 valence electrons. The van der Waals surface area contributed by atoms with Crippen LogP contribution >= 0.6 is 0 Å². The largest absolute Gasteiger partial charge is 0.451 e. The summed E-state index contributed by atoms with van der Waals surface area (Å²) in [6.07, 6.45) is 6.87. The normalized spacial score (nSPS) is 22.5. The summed E-state index contributed by atoms with van der Waals surface area (Å²) in [5, 5.41) is 0. The van der Waals surface area contributed by atoms with E-state index >= 15 is 0 Å². The highest BCUT2D eigenvalue weighted by Gasteiger charge is 2.58. The highest BCUT2D eigenvalue weighted by Crippen LogP contribution is 2.39. The molecule has 1 aromatic rings. The Morgan fingerprint density at radius 1 is 1.29 bits per heavy atom. The zero-order chi connectivity index (χ0) is 19.9. The van der Waals surface area contributed by atoms with Crippen LogP contribution in [0.4, 0.5) is 4.79 Å². The smallest absolute Gasteiger partial charge is 0.327 e. The maximum Gasteiger partial charge on any atom is 0.327 e. The fourth-order valence-electron chi connectivity index (χ4n) is 4.54. The molecule has 8 nitrogen and oxygen atoms in total. The molecular weight excluding hydrogens is 360 g/mol. The second-order valence-corrected chi connectivity index (χ2v) is 8.70. The number of piperidine rings is 1. The first-order valence-electron chi connectivity index (χ1n) is 10.2. The van der Waals surface area contributed by atoms with Crippen LogP contribution in [-0.2, 0) is 4.79 Å². The molecule has 1 aliphatic carbocycles. The van der Waals surface area contributed by atoms with Gasteiger partial charge in [-0.25, -0.2) is 9.78 Å². The van der Waals surface area contributed by atoms with Gasteiger partial charge in [0.05, 0.1) is 0 Å². The van der Waals surface area contributed by atoms with Gasteiger partial charge in [-0.2, -0.15) is 0 Å². The van der Waals surface area contributed by atoms with Crippen molar-refractivity contribution in [3.63, 3.8) is 0 Å². The minimum absolute atomic E-state index is 0.0708. The number of aromatic nitrogens is 1. The van der Waals surface area contributed by atoms with Crippen molar-refractivity contribution < 1.29 is 18.8 Å². The maximum atomic E-state index is 13.4. The summed E-state index contributed by atoms with van der Waals surface area (Å²) in [5.41, 5.74) is -0.540. The monoisotopic (exact) mass is 388 g/mol. The lowest BCUT2D eigenvalue weighted by atomic mass is 9.83. The molecule has 0 atom stereocenters. The minimum Gasteiger partial charge on any atom is -0.451 e.